The number of hydrogen-bond acceptors (Lipinski definition) is 5. The molecule has 2 aliphatic carbocycles. The number of nitrogens with zero attached hydrogens (tertiary/aromatic N) is 1. The highest BCUT2D eigenvalue weighted by molar-refractivity contribution is 7.89. The van der Waals surface area contributed by atoms with E-state index in [1.165, 1.54) is 23.5 Å². The van der Waals surface area contributed by atoms with Crippen LogP contribution in [0, 0.1) is 11.3 Å². The van der Waals surface area contributed by atoms with Crippen molar-refractivity contribution in [2.75, 3.05) is 20.2 Å². The quantitative estimate of drug-likeness (QED) is 0.765. The minimum atomic E-state index is -3.77. The molecule has 0 radical (unpaired) electrons. The van der Waals surface area contributed by atoms with E-state index in [9.17, 15) is 23.1 Å². The number of esters is 1. The summed E-state index contributed by atoms with van der Waals surface area (Å²) in [5.74, 6) is -1.32. The van der Waals surface area contributed by atoms with Crippen molar-refractivity contribution in [3.8, 4) is 0 Å². The van der Waals surface area contributed by atoms with E-state index in [0.29, 0.717) is 19.3 Å². The first-order chi connectivity index (χ1) is 12.8. The van der Waals surface area contributed by atoms with Crippen molar-refractivity contribution >= 4 is 22.0 Å². The number of fused-ring (bicyclic) bond motifs is 1. The molecule has 0 amide bonds. The lowest BCUT2D eigenvalue weighted by molar-refractivity contribution is -0.149. The highest BCUT2D eigenvalue weighted by atomic mass is 32.2. The number of rotatable bonds is 5. The summed E-state index contributed by atoms with van der Waals surface area (Å²) in [6, 6.07) is 6.35. The summed E-state index contributed by atoms with van der Waals surface area (Å²) in [5.41, 5.74) is -0.834. The molecule has 0 aromatic heterocycles. The Kier molecular flexibility index (Phi) is 4.12. The predicted molar refractivity (Wildman–Crippen MR) is 95.5 cm³/mol. The van der Waals surface area contributed by atoms with Crippen LogP contribution in [-0.4, -0.2) is 50.0 Å². The molecule has 0 spiro atoms. The maximum atomic E-state index is 13.0. The molecular weight excluding hydrogens is 370 g/mol. The molecule has 8 heteroatoms. The molecule has 3 aliphatic rings. The summed E-state index contributed by atoms with van der Waals surface area (Å²) in [7, 11) is -2.42. The van der Waals surface area contributed by atoms with E-state index in [-0.39, 0.29) is 29.9 Å². The van der Waals surface area contributed by atoms with Gasteiger partial charge < -0.3 is 9.84 Å². The summed E-state index contributed by atoms with van der Waals surface area (Å²) in [5, 5.41) is 9.67. The highest BCUT2D eigenvalue weighted by Gasteiger charge is 2.57. The van der Waals surface area contributed by atoms with E-state index in [2.05, 4.69) is 0 Å². The van der Waals surface area contributed by atoms with E-state index in [0.717, 1.165) is 18.4 Å². The van der Waals surface area contributed by atoms with E-state index >= 15 is 0 Å². The Labute approximate surface area is 158 Å². The Hall–Kier alpha value is -1.93. The maximum Gasteiger partial charge on any atom is 0.316 e. The number of hydrogen-bond donors (Lipinski definition) is 1. The van der Waals surface area contributed by atoms with Gasteiger partial charge in [0.05, 0.1) is 22.8 Å². The van der Waals surface area contributed by atoms with Crippen molar-refractivity contribution in [2.45, 2.75) is 42.4 Å². The normalized spacial score (nSPS) is 29.3. The van der Waals surface area contributed by atoms with Crippen LogP contribution in [0.25, 0.3) is 0 Å². The number of methoxy groups -OCH3 is 1. The summed E-state index contributed by atoms with van der Waals surface area (Å²) in [4.78, 5) is 23.9. The first kappa shape index (κ1) is 18.4. The van der Waals surface area contributed by atoms with Gasteiger partial charge in [-0.05, 0) is 49.3 Å². The van der Waals surface area contributed by atoms with E-state index in [4.69, 9.17) is 4.74 Å². The monoisotopic (exact) mass is 393 g/mol. The van der Waals surface area contributed by atoms with Crippen molar-refractivity contribution in [1.29, 1.82) is 0 Å². The molecule has 0 unspecified atom stereocenters. The molecule has 1 aliphatic heterocycles. The second-order valence-electron chi connectivity index (χ2n) is 7.95. The Morgan fingerprint density at radius 2 is 1.85 bits per heavy atom. The molecule has 3 fully saturated rings. The van der Waals surface area contributed by atoms with Crippen LogP contribution < -0.4 is 0 Å². The molecule has 7 nitrogen and oxygen atoms in total. The van der Waals surface area contributed by atoms with Gasteiger partial charge in [0.2, 0.25) is 10.0 Å². The van der Waals surface area contributed by atoms with Crippen molar-refractivity contribution in [1.82, 2.24) is 4.31 Å². The maximum absolute atomic E-state index is 13.0. The molecule has 1 aromatic carbocycles. The lowest BCUT2D eigenvalue weighted by atomic mass is 9.81. The SMILES string of the molecule is COC(=O)C1(c2ccc(S(=O)(=O)N3C[C@@H]4CCC[C@@]4(C(=O)O)C3)cc2)CC1. The fourth-order valence-corrected chi connectivity index (χ4v) is 6.36. The first-order valence-corrected chi connectivity index (χ1v) is 10.6. The van der Waals surface area contributed by atoms with Gasteiger partial charge in [-0.25, -0.2) is 8.42 Å². The number of aliphatic carboxylic acids is 1. The van der Waals surface area contributed by atoms with Gasteiger partial charge >= 0.3 is 11.9 Å². The molecule has 1 aromatic rings. The summed E-state index contributed by atoms with van der Waals surface area (Å²) < 4.78 is 32.3. The average molecular weight is 393 g/mol. The van der Waals surface area contributed by atoms with Crippen LogP contribution in [0.3, 0.4) is 0 Å². The minimum Gasteiger partial charge on any atom is -0.481 e. The third-order valence-electron chi connectivity index (χ3n) is 6.64. The Bertz CT molecular complexity index is 889. The number of sulfonamides is 1. The number of carbonyl (C=O) groups excluding carboxylic acids is 1. The van der Waals surface area contributed by atoms with Gasteiger partial charge in [-0.2, -0.15) is 4.31 Å². The summed E-state index contributed by atoms with van der Waals surface area (Å²) >= 11 is 0. The number of benzene rings is 1. The van der Waals surface area contributed by atoms with Crippen molar-refractivity contribution in [3.63, 3.8) is 0 Å². The largest absolute Gasteiger partial charge is 0.481 e. The van der Waals surface area contributed by atoms with Crippen molar-refractivity contribution < 1.29 is 27.9 Å². The Morgan fingerprint density at radius 1 is 1.19 bits per heavy atom. The van der Waals surface area contributed by atoms with Crippen LogP contribution in [-0.2, 0) is 29.8 Å². The number of carboxylic acid groups (broad SMARTS) is 1. The lowest BCUT2D eigenvalue weighted by Gasteiger charge is -2.23. The van der Waals surface area contributed by atoms with Crippen LogP contribution in [0.1, 0.15) is 37.7 Å². The van der Waals surface area contributed by atoms with Gasteiger partial charge in [-0.3, -0.25) is 9.59 Å². The zero-order chi connectivity index (χ0) is 19.4. The summed E-state index contributed by atoms with van der Waals surface area (Å²) in [6.07, 6.45) is 3.50. The fourth-order valence-electron chi connectivity index (χ4n) is 4.80. The molecule has 27 heavy (non-hydrogen) atoms. The van der Waals surface area contributed by atoms with Crippen LogP contribution >= 0.6 is 0 Å². The molecule has 2 atom stereocenters. The molecule has 4 rings (SSSR count). The average Bonchev–Trinajstić information content (AvgIpc) is 3.21. The van der Waals surface area contributed by atoms with Gasteiger partial charge in [0, 0.05) is 13.1 Å². The van der Waals surface area contributed by atoms with Gasteiger partial charge in [0.1, 0.15) is 0 Å². The summed E-state index contributed by atoms with van der Waals surface area (Å²) in [6.45, 7) is 0.283. The van der Waals surface area contributed by atoms with Crippen LogP contribution in [0.4, 0.5) is 0 Å². The van der Waals surface area contributed by atoms with E-state index in [1.807, 2.05) is 0 Å². The lowest BCUT2D eigenvalue weighted by Crippen LogP contribution is -2.37. The Morgan fingerprint density at radius 3 is 2.37 bits per heavy atom. The second-order valence-corrected chi connectivity index (χ2v) is 9.88. The van der Waals surface area contributed by atoms with Crippen molar-refractivity contribution in [3.05, 3.63) is 29.8 Å². The molecule has 146 valence electrons. The molecule has 1 saturated heterocycles. The smallest absolute Gasteiger partial charge is 0.316 e. The first-order valence-electron chi connectivity index (χ1n) is 9.19. The minimum absolute atomic E-state index is 0.0309. The standard InChI is InChI=1S/C19H23NO6S/c1-26-17(23)18(9-10-18)13-4-6-15(7-5-13)27(24,25)20-11-14-3-2-8-19(14,12-20)16(21)22/h4-7,14H,2-3,8-12H2,1H3,(H,21,22)/t14-,19+/m0/s1. The number of carboxylic acids is 1. The van der Waals surface area contributed by atoms with Gasteiger partial charge in [-0.1, -0.05) is 18.6 Å². The van der Waals surface area contributed by atoms with Crippen LogP contribution in [0.15, 0.2) is 29.2 Å². The third kappa shape index (κ3) is 2.61. The fraction of sp³-hybridized carbons (Fsp3) is 0.579. The zero-order valence-electron chi connectivity index (χ0n) is 15.2. The highest BCUT2D eigenvalue weighted by Crippen LogP contribution is 2.51. The van der Waals surface area contributed by atoms with Gasteiger partial charge in [0.15, 0.2) is 0 Å². The molecule has 0 bridgehead atoms. The predicted octanol–water partition coefficient (Wildman–Crippen LogP) is 1.77. The van der Waals surface area contributed by atoms with Crippen LogP contribution in [0.5, 0.6) is 0 Å². The van der Waals surface area contributed by atoms with Crippen molar-refractivity contribution in [2.24, 2.45) is 11.3 Å². The van der Waals surface area contributed by atoms with E-state index < -0.39 is 26.8 Å². The molecule has 1 heterocycles. The van der Waals surface area contributed by atoms with Gasteiger partial charge in [0.25, 0.3) is 0 Å². The third-order valence-corrected chi connectivity index (χ3v) is 8.46. The zero-order valence-corrected chi connectivity index (χ0v) is 16.0. The van der Waals surface area contributed by atoms with Crippen LogP contribution in [0.2, 0.25) is 0 Å². The molecule has 2 saturated carbocycles. The molecule has 1 N–H and O–H groups in total. The van der Waals surface area contributed by atoms with E-state index in [1.54, 1.807) is 12.1 Å². The number of ether oxygens (including phenoxy) is 1. The topological polar surface area (TPSA) is 101 Å². The molecular formula is C19H23NO6S. The van der Waals surface area contributed by atoms with Gasteiger partial charge in [-0.15, -0.1) is 0 Å². The number of carbonyl (C=O) groups is 2. The second kappa shape index (κ2) is 6.04. The Balaban J connectivity index is 1.59.